The van der Waals surface area contributed by atoms with E-state index in [2.05, 4.69) is 46.5 Å². The molecular formula is C28H23N3O3. The maximum Gasteiger partial charge on any atom is 0.193 e. The second-order valence-electron chi connectivity index (χ2n) is 8.09. The van der Waals surface area contributed by atoms with Crippen molar-refractivity contribution in [3.63, 3.8) is 0 Å². The van der Waals surface area contributed by atoms with Gasteiger partial charge in [0.05, 0.1) is 18.2 Å². The van der Waals surface area contributed by atoms with Crippen LogP contribution in [0.25, 0.3) is 33.6 Å². The highest BCUT2D eigenvalue weighted by Crippen LogP contribution is 2.27. The molecule has 0 spiro atoms. The van der Waals surface area contributed by atoms with Crippen LogP contribution in [0.1, 0.15) is 11.4 Å². The number of methoxy groups -OCH3 is 1. The van der Waals surface area contributed by atoms with Crippen LogP contribution in [0.2, 0.25) is 0 Å². The molecular weight excluding hydrogens is 426 g/mol. The van der Waals surface area contributed by atoms with Crippen LogP contribution in [0, 0.1) is 13.8 Å². The average molecular weight is 450 g/mol. The Bertz CT molecular complexity index is 1540. The Hall–Kier alpha value is -4.45. The van der Waals surface area contributed by atoms with Crippen LogP contribution in [0.5, 0.6) is 5.75 Å². The molecule has 6 nitrogen and oxygen atoms in total. The van der Waals surface area contributed by atoms with Crippen molar-refractivity contribution in [2.24, 2.45) is 0 Å². The lowest BCUT2D eigenvalue weighted by Crippen LogP contribution is -2.01. The summed E-state index contributed by atoms with van der Waals surface area (Å²) < 4.78 is 11.2. The highest BCUT2D eigenvalue weighted by molar-refractivity contribution is 5.80. The van der Waals surface area contributed by atoms with Gasteiger partial charge in [-0.1, -0.05) is 29.8 Å². The van der Waals surface area contributed by atoms with Crippen LogP contribution in [0.3, 0.4) is 0 Å². The highest BCUT2D eigenvalue weighted by atomic mass is 16.5. The van der Waals surface area contributed by atoms with Gasteiger partial charge in [0.1, 0.15) is 28.7 Å². The van der Waals surface area contributed by atoms with Crippen molar-refractivity contribution >= 4 is 22.5 Å². The summed E-state index contributed by atoms with van der Waals surface area (Å²) in [5.41, 5.74) is 5.18. The van der Waals surface area contributed by atoms with E-state index in [1.165, 1.54) is 11.6 Å². The van der Waals surface area contributed by atoms with E-state index in [1.807, 2.05) is 37.3 Å². The molecule has 0 saturated heterocycles. The second-order valence-corrected chi connectivity index (χ2v) is 8.09. The van der Waals surface area contributed by atoms with Gasteiger partial charge in [0.25, 0.3) is 0 Å². The Balaban J connectivity index is 1.41. The fourth-order valence-corrected chi connectivity index (χ4v) is 3.77. The lowest BCUT2D eigenvalue weighted by atomic mass is 10.1. The first-order chi connectivity index (χ1) is 16.5. The van der Waals surface area contributed by atoms with E-state index >= 15 is 0 Å². The molecule has 3 aromatic carbocycles. The molecule has 0 aliphatic rings. The number of anilines is 2. The monoisotopic (exact) mass is 449 g/mol. The summed E-state index contributed by atoms with van der Waals surface area (Å²) in [4.78, 5) is 21.7. The molecule has 0 unspecified atom stereocenters. The van der Waals surface area contributed by atoms with E-state index in [0.717, 1.165) is 22.5 Å². The number of aromatic nitrogens is 2. The topological polar surface area (TPSA) is 77.2 Å². The number of rotatable bonds is 5. The minimum atomic E-state index is -0.113. The molecule has 0 bridgehead atoms. The number of aryl methyl sites for hydroxylation is 2. The van der Waals surface area contributed by atoms with Crippen LogP contribution < -0.4 is 15.5 Å². The molecule has 5 rings (SSSR count). The van der Waals surface area contributed by atoms with Gasteiger partial charge in [0.2, 0.25) is 0 Å². The summed E-state index contributed by atoms with van der Waals surface area (Å²) in [5, 5.41) is 3.83. The molecule has 0 radical (unpaired) electrons. The molecule has 5 aromatic rings. The third kappa shape index (κ3) is 4.38. The SMILES string of the molecule is COc1ccc2oc(-c3ccc(Nc4cc(-c5ccc(C)cc5)nc(C)n4)cc3)cc(=O)c2c1. The number of fused-ring (bicyclic) bond motifs is 1. The van der Waals surface area contributed by atoms with E-state index in [0.29, 0.717) is 34.1 Å². The van der Waals surface area contributed by atoms with E-state index in [1.54, 1.807) is 25.3 Å². The predicted molar refractivity (Wildman–Crippen MR) is 135 cm³/mol. The Kier molecular flexibility index (Phi) is 5.55. The zero-order valence-corrected chi connectivity index (χ0v) is 19.1. The summed E-state index contributed by atoms with van der Waals surface area (Å²) in [6.45, 7) is 3.94. The quantitative estimate of drug-likeness (QED) is 0.340. The van der Waals surface area contributed by atoms with Gasteiger partial charge in [-0.2, -0.15) is 0 Å². The second kappa shape index (κ2) is 8.83. The Morgan fingerprint density at radius 2 is 1.56 bits per heavy atom. The summed E-state index contributed by atoms with van der Waals surface area (Å²) in [7, 11) is 1.57. The minimum absolute atomic E-state index is 0.113. The van der Waals surface area contributed by atoms with Crippen molar-refractivity contribution in [1.82, 2.24) is 9.97 Å². The van der Waals surface area contributed by atoms with Crippen molar-refractivity contribution in [3.8, 4) is 28.3 Å². The number of hydrogen-bond acceptors (Lipinski definition) is 6. The molecule has 0 atom stereocenters. The Morgan fingerprint density at radius 1 is 0.824 bits per heavy atom. The lowest BCUT2D eigenvalue weighted by molar-refractivity contribution is 0.415. The molecule has 34 heavy (non-hydrogen) atoms. The smallest absolute Gasteiger partial charge is 0.193 e. The Morgan fingerprint density at radius 3 is 2.29 bits per heavy atom. The van der Waals surface area contributed by atoms with Crippen molar-refractivity contribution in [3.05, 3.63) is 100 Å². The fraction of sp³-hybridized carbons (Fsp3) is 0.107. The summed E-state index contributed by atoms with van der Waals surface area (Å²) in [6, 6.07) is 24.6. The zero-order valence-electron chi connectivity index (χ0n) is 19.1. The number of ether oxygens (including phenoxy) is 1. The third-order valence-corrected chi connectivity index (χ3v) is 5.56. The van der Waals surface area contributed by atoms with Crippen LogP contribution in [0.4, 0.5) is 11.5 Å². The first-order valence-corrected chi connectivity index (χ1v) is 10.9. The molecule has 168 valence electrons. The van der Waals surface area contributed by atoms with Crippen LogP contribution >= 0.6 is 0 Å². The third-order valence-electron chi connectivity index (χ3n) is 5.56. The number of benzene rings is 3. The van der Waals surface area contributed by atoms with E-state index in [9.17, 15) is 4.79 Å². The van der Waals surface area contributed by atoms with Gasteiger partial charge >= 0.3 is 0 Å². The van der Waals surface area contributed by atoms with Gasteiger partial charge in [0, 0.05) is 28.9 Å². The summed E-state index contributed by atoms with van der Waals surface area (Å²) >= 11 is 0. The standard InChI is InChI=1S/C28H23N3O3/c1-17-4-6-19(7-5-17)24-15-28(30-18(2)29-24)31-21-10-8-20(9-11-21)27-16-25(32)23-14-22(33-3)12-13-26(23)34-27/h4-16H,1-3H3,(H,29,30,31). The largest absolute Gasteiger partial charge is 0.497 e. The normalized spacial score (nSPS) is 10.9. The van der Waals surface area contributed by atoms with Crippen molar-refractivity contribution < 1.29 is 9.15 Å². The van der Waals surface area contributed by atoms with Crippen molar-refractivity contribution in [1.29, 1.82) is 0 Å². The molecule has 0 aliphatic heterocycles. The number of hydrogen-bond donors (Lipinski definition) is 1. The molecule has 0 fully saturated rings. The molecule has 0 amide bonds. The van der Waals surface area contributed by atoms with Crippen LogP contribution in [0.15, 0.2) is 88.1 Å². The van der Waals surface area contributed by atoms with Gasteiger partial charge in [0.15, 0.2) is 5.43 Å². The molecule has 2 heterocycles. The molecule has 1 N–H and O–H groups in total. The van der Waals surface area contributed by atoms with Gasteiger partial charge < -0.3 is 14.5 Å². The predicted octanol–water partition coefficient (Wildman–Crippen LogP) is 6.29. The first-order valence-electron chi connectivity index (χ1n) is 10.9. The average Bonchev–Trinajstić information content (AvgIpc) is 2.84. The molecule has 2 aromatic heterocycles. The minimum Gasteiger partial charge on any atom is -0.497 e. The van der Waals surface area contributed by atoms with Crippen molar-refractivity contribution in [2.45, 2.75) is 13.8 Å². The molecule has 6 heteroatoms. The maximum atomic E-state index is 12.6. The van der Waals surface area contributed by atoms with Crippen LogP contribution in [-0.4, -0.2) is 17.1 Å². The van der Waals surface area contributed by atoms with Gasteiger partial charge in [-0.3, -0.25) is 4.79 Å². The zero-order chi connectivity index (χ0) is 23.7. The highest BCUT2D eigenvalue weighted by Gasteiger charge is 2.09. The Labute approximate surface area is 196 Å². The van der Waals surface area contributed by atoms with E-state index < -0.39 is 0 Å². The number of nitrogens with zero attached hydrogens (tertiary/aromatic N) is 2. The van der Waals surface area contributed by atoms with Crippen LogP contribution in [-0.2, 0) is 0 Å². The lowest BCUT2D eigenvalue weighted by Gasteiger charge is -2.10. The first kappa shape index (κ1) is 21.4. The van der Waals surface area contributed by atoms with Gasteiger partial charge in [-0.25, -0.2) is 9.97 Å². The van der Waals surface area contributed by atoms with E-state index in [4.69, 9.17) is 9.15 Å². The molecule has 0 saturated carbocycles. The van der Waals surface area contributed by atoms with E-state index in [-0.39, 0.29) is 5.43 Å². The summed E-state index contributed by atoms with van der Waals surface area (Å²) in [6.07, 6.45) is 0. The summed E-state index contributed by atoms with van der Waals surface area (Å²) in [5.74, 6) is 2.52. The fourth-order valence-electron chi connectivity index (χ4n) is 3.77. The maximum absolute atomic E-state index is 12.6. The van der Waals surface area contributed by atoms with Gasteiger partial charge in [-0.05, 0) is 56.3 Å². The number of nitrogens with one attached hydrogen (secondary N) is 1. The van der Waals surface area contributed by atoms with Gasteiger partial charge in [-0.15, -0.1) is 0 Å². The van der Waals surface area contributed by atoms with Crippen molar-refractivity contribution in [2.75, 3.05) is 12.4 Å². The molecule has 0 aliphatic carbocycles.